The van der Waals surface area contributed by atoms with Crippen LogP contribution in [0.5, 0.6) is 5.75 Å². The van der Waals surface area contributed by atoms with Crippen LogP contribution in [0.15, 0.2) is 42.5 Å². The van der Waals surface area contributed by atoms with E-state index in [0.29, 0.717) is 11.1 Å². The highest BCUT2D eigenvalue weighted by Gasteiger charge is 2.14. The van der Waals surface area contributed by atoms with Crippen LogP contribution in [0.4, 0.5) is 5.69 Å². The molecule has 0 radical (unpaired) electrons. The highest BCUT2D eigenvalue weighted by atomic mass is 16.6. The summed E-state index contributed by atoms with van der Waals surface area (Å²) in [6.07, 6.45) is 0. The molecule has 96 valence electrons. The van der Waals surface area contributed by atoms with Crippen LogP contribution in [0.2, 0.25) is 0 Å². The molecule has 0 fully saturated rings. The van der Waals surface area contributed by atoms with Crippen molar-refractivity contribution in [3.05, 3.63) is 58.1 Å². The van der Waals surface area contributed by atoms with Crippen LogP contribution < -0.4 is 0 Å². The Bertz CT molecular complexity index is 649. The van der Waals surface area contributed by atoms with Gasteiger partial charge in [0, 0.05) is 17.7 Å². The molecule has 19 heavy (non-hydrogen) atoms. The number of carboxylic acids is 1. The number of carboxylic acid groups (broad SMARTS) is 1. The largest absolute Gasteiger partial charge is 0.506 e. The number of non-ortho nitro benzene ring substituents is 1. The number of benzene rings is 2. The van der Waals surface area contributed by atoms with E-state index in [9.17, 15) is 20.0 Å². The van der Waals surface area contributed by atoms with E-state index in [1.807, 2.05) is 0 Å². The van der Waals surface area contributed by atoms with Crippen LogP contribution in [0.25, 0.3) is 11.1 Å². The number of phenols is 1. The molecule has 0 atom stereocenters. The first-order valence-corrected chi connectivity index (χ1v) is 5.31. The Balaban J connectivity index is 2.50. The van der Waals surface area contributed by atoms with Gasteiger partial charge in [-0.25, -0.2) is 4.79 Å². The zero-order valence-corrected chi connectivity index (χ0v) is 9.61. The maximum atomic E-state index is 10.9. The molecular weight excluding hydrogens is 250 g/mol. The SMILES string of the molecule is O=C(O)c1cccc(-c2ccc([N+](=O)[O-])cc2)c1O. The molecule has 0 saturated heterocycles. The molecule has 6 nitrogen and oxygen atoms in total. The number of nitro groups is 1. The predicted octanol–water partition coefficient (Wildman–Crippen LogP) is 2.67. The molecule has 0 heterocycles. The van der Waals surface area contributed by atoms with E-state index in [-0.39, 0.29) is 17.0 Å². The average Bonchev–Trinajstić information content (AvgIpc) is 2.38. The van der Waals surface area contributed by atoms with Gasteiger partial charge in [0.1, 0.15) is 11.3 Å². The lowest BCUT2D eigenvalue weighted by molar-refractivity contribution is -0.384. The van der Waals surface area contributed by atoms with Gasteiger partial charge in [0.05, 0.1) is 4.92 Å². The predicted molar refractivity (Wildman–Crippen MR) is 67.2 cm³/mol. The number of carbonyl (C=O) groups is 1. The van der Waals surface area contributed by atoms with Crippen LogP contribution in [0.3, 0.4) is 0 Å². The topological polar surface area (TPSA) is 101 Å². The molecule has 0 amide bonds. The Morgan fingerprint density at radius 3 is 2.26 bits per heavy atom. The molecule has 2 aromatic rings. The number of nitrogens with zero attached hydrogens (tertiary/aromatic N) is 1. The van der Waals surface area contributed by atoms with Gasteiger partial charge in [-0.3, -0.25) is 10.1 Å². The minimum atomic E-state index is -1.23. The standard InChI is InChI=1S/C13H9NO5/c15-12-10(2-1-3-11(12)13(16)17)8-4-6-9(7-5-8)14(18)19/h1-7,15H,(H,16,17). The first-order valence-electron chi connectivity index (χ1n) is 5.31. The zero-order chi connectivity index (χ0) is 14.0. The van der Waals surface area contributed by atoms with Gasteiger partial charge in [0.15, 0.2) is 0 Å². The summed E-state index contributed by atoms with van der Waals surface area (Å²) in [4.78, 5) is 20.9. The Labute approximate surface area is 107 Å². The molecule has 2 aromatic carbocycles. The molecule has 0 saturated carbocycles. The lowest BCUT2D eigenvalue weighted by Gasteiger charge is -2.07. The molecule has 2 rings (SSSR count). The van der Waals surface area contributed by atoms with Gasteiger partial charge < -0.3 is 10.2 Å². The monoisotopic (exact) mass is 259 g/mol. The number of aromatic hydroxyl groups is 1. The van der Waals surface area contributed by atoms with E-state index in [1.54, 1.807) is 6.07 Å². The molecule has 0 unspecified atom stereocenters. The van der Waals surface area contributed by atoms with E-state index in [0.717, 1.165) is 0 Å². The van der Waals surface area contributed by atoms with Crippen molar-refractivity contribution in [2.24, 2.45) is 0 Å². The number of nitro benzene ring substituents is 1. The second-order valence-corrected chi connectivity index (χ2v) is 3.81. The highest BCUT2D eigenvalue weighted by molar-refractivity contribution is 5.94. The van der Waals surface area contributed by atoms with Crippen LogP contribution >= 0.6 is 0 Å². The third-order valence-electron chi connectivity index (χ3n) is 2.66. The van der Waals surface area contributed by atoms with Crippen molar-refractivity contribution in [2.75, 3.05) is 0 Å². The minimum absolute atomic E-state index is 0.0716. The van der Waals surface area contributed by atoms with Crippen molar-refractivity contribution in [3.63, 3.8) is 0 Å². The average molecular weight is 259 g/mol. The maximum absolute atomic E-state index is 10.9. The number of hydrogen-bond acceptors (Lipinski definition) is 4. The van der Waals surface area contributed by atoms with Crippen LogP contribution in [0.1, 0.15) is 10.4 Å². The van der Waals surface area contributed by atoms with Gasteiger partial charge in [-0.15, -0.1) is 0 Å². The zero-order valence-electron chi connectivity index (χ0n) is 9.61. The summed E-state index contributed by atoms with van der Waals surface area (Å²) >= 11 is 0. The number of aromatic carboxylic acids is 1. The molecule has 0 aliphatic rings. The van der Waals surface area contributed by atoms with Crippen molar-refractivity contribution in [1.82, 2.24) is 0 Å². The number of rotatable bonds is 3. The number of hydrogen-bond donors (Lipinski definition) is 2. The lowest BCUT2D eigenvalue weighted by Crippen LogP contribution is -1.97. The minimum Gasteiger partial charge on any atom is -0.506 e. The van der Waals surface area contributed by atoms with Crippen molar-refractivity contribution < 1.29 is 19.9 Å². The Morgan fingerprint density at radius 2 is 1.74 bits per heavy atom. The summed E-state index contributed by atoms with van der Waals surface area (Å²) in [7, 11) is 0. The summed E-state index contributed by atoms with van der Waals surface area (Å²) in [5, 5.41) is 29.3. The fraction of sp³-hybridized carbons (Fsp3) is 0. The Kier molecular flexibility index (Phi) is 3.15. The molecule has 0 aliphatic carbocycles. The molecule has 0 spiro atoms. The van der Waals surface area contributed by atoms with Gasteiger partial charge in [-0.2, -0.15) is 0 Å². The smallest absolute Gasteiger partial charge is 0.339 e. The fourth-order valence-electron chi connectivity index (χ4n) is 1.71. The molecule has 0 aliphatic heterocycles. The molecule has 2 N–H and O–H groups in total. The third-order valence-corrected chi connectivity index (χ3v) is 2.66. The Morgan fingerprint density at radius 1 is 1.11 bits per heavy atom. The van der Waals surface area contributed by atoms with E-state index in [2.05, 4.69) is 0 Å². The van der Waals surface area contributed by atoms with Gasteiger partial charge >= 0.3 is 5.97 Å². The van der Waals surface area contributed by atoms with Crippen LogP contribution in [-0.4, -0.2) is 21.1 Å². The lowest BCUT2D eigenvalue weighted by atomic mass is 10.0. The van der Waals surface area contributed by atoms with Crippen molar-refractivity contribution in [3.8, 4) is 16.9 Å². The third kappa shape index (κ3) is 2.37. The van der Waals surface area contributed by atoms with E-state index >= 15 is 0 Å². The molecular formula is C13H9NO5. The van der Waals surface area contributed by atoms with Gasteiger partial charge in [-0.1, -0.05) is 12.1 Å². The van der Waals surface area contributed by atoms with Gasteiger partial charge in [0.25, 0.3) is 5.69 Å². The maximum Gasteiger partial charge on any atom is 0.339 e. The first kappa shape index (κ1) is 12.6. The second kappa shape index (κ2) is 4.77. The van der Waals surface area contributed by atoms with Crippen molar-refractivity contribution in [2.45, 2.75) is 0 Å². The van der Waals surface area contributed by atoms with E-state index < -0.39 is 10.9 Å². The van der Waals surface area contributed by atoms with Gasteiger partial charge in [0.2, 0.25) is 0 Å². The summed E-state index contributed by atoms with van der Waals surface area (Å²) in [5.41, 5.74) is 0.537. The van der Waals surface area contributed by atoms with E-state index in [4.69, 9.17) is 5.11 Å². The first-order chi connectivity index (χ1) is 9.00. The van der Waals surface area contributed by atoms with E-state index in [1.165, 1.54) is 36.4 Å². The van der Waals surface area contributed by atoms with Crippen LogP contribution in [0, 0.1) is 10.1 Å². The molecule has 0 aromatic heterocycles. The normalized spacial score (nSPS) is 10.1. The number of para-hydroxylation sites is 1. The van der Waals surface area contributed by atoms with Crippen LogP contribution in [-0.2, 0) is 0 Å². The summed E-state index contributed by atoms with van der Waals surface area (Å²) in [5.74, 6) is -1.59. The van der Waals surface area contributed by atoms with Crippen molar-refractivity contribution >= 4 is 11.7 Å². The Hall–Kier alpha value is -2.89. The second-order valence-electron chi connectivity index (χ2n) is 3.81. The summed E-state index contributed by atoms with van der Waals surface area (Å²) in [6, 6.07) is 9.83. The quantitative estimate of drug-likeness (QED) is 0.651. The molecule has 0 bridgehead atoms. The summed E-state index contributed by atoms with van der Waals surface area (Å²) in [6.45, 7) is 0. The van der Waals surface area contributed by atoms with Gasteiger partial charge in [-0.05, 0) is 23.8 Å². The van der Waals surface area contributed by atoms with Crippen molar-refractivity contribution in [1.29, 1.82) is 0 Å². The fourth-order valence-corrected chi connectivity index (χ4v) is 1.71. The summed E-state index contributed by atoms with van der Waals surface area (Å²) < 4.78 is 0. The molecule has 6 heteroatoms. The highest BCUT2D eigenvalue weighted by Crippen LogP contribution is 2.32.